The fourth-order valence-electron chi connectivity index (χ4n) is 1.72. The number of alkyl halides is 1. The van der Waals surface area contributed by atoms with Crippen LogP contribution in [0.15, 0.2) is 40.9 Å². The Bertz CT molecular complexity index is 582. The van der Waals surface area contributed by atoms with E-state index in [2.05, 4.69) is 44.8 Å². The molecule has 0 aliphatic rings. The number of ether oxygens (including phenoxy) is 2. The summed E-state index contributed by atoms with van der Waals surface area (Å²) in [5.41, 5.74) is 2.35. The Morgan fingerprint density at radius 1 is 1.05 bits per heavy atom. The summed E-state index contributed by atoms with van der Waals surface area (Å²) in [5, 5.41) is 0.762. The summed E-state index contributed by atoms with van der Waals surface area (Å²) in [4.78, 5) is 0. The van der Waals surface area contributed by atoms with Gasteiger partial charge in [-0.3, -0.25) is 0 Å². The number of rotatable bonds is 4. The summed E-state index contributed by atoms with van der Waals surface area (Å²) in [6, 6.07) is 11.8. The zero-order chi connectivity index (χ0) is 13.8. The quantitative estimate of drug-likeness (QED) is 0.651. The molecule has 0 fully saturated rings. The molecule has 0 N–H and O–H groups in total. The molecule has 0 aliphatic carbocycles. The van der Waals surface area contributed by atoms with Crippen LogP contribution in [0.4, 0.5) is 0 Å². The minimum absolute atomic E-state index is 0.762. The maximum absolute atomic E-state index is 5.95. The van der Waals surface area contributed by atoms with Crippen LogP contribution in [0.1, 0.15) is 11.1 Å². The summed E-state index contributed by atoms with van der Waals surface area (Å²) < 4.78 is 12.0. The lowest BCUT2D eigenvalue weighted by Gasteiger charge is -2.12. The van der Waals surface area contributed by atoms with Crippen molar-refractivity contribution in [1.82, 2.24) is 0 Å². The zero-order valence-electron chi connectivity index (χ0n) is 10.7. The van der Waals surface area contributed by atoms with Gasteiger partial charge in [-0.15, -0.1) is 0 Å². The van der Waals surface area contributed by atoms with Crippen molar-refractivity contribution in [2.75, 3.05) is 7.11 Å². The summed E-state index contributed by atoms with van der Waals surface area (Å²) in [5.74, 6) is 2.42. The van der Waals surface area contributed by atoms with Gasteiger partial charge in [0.25, 0.3) is 0 Å². The van der Waals surface area contributed by atoms with E-state index in [1.165, 1.54) is 5.56 Å². The monoisotopic (exact) mass is 384 g/mol. The molecule has 0 bridgehead atoms. The predicted octanol–water partition coefficient (Wildman–Crippen LogP) is 5.45. The van der Waals surface area contributed by atoms with Crippen molar-refractivity contribution in [2.24, 2.45) is 0 Å². The molecule has 0 aromatic heterocycles. The molecule has 100 valence electrons. The molecule has 2 rings (SSSR count). The Hall–Kier alpha value is -1.000. The van der Waals surface area contributed by atoms with Gasteiger partial charge < -0.3 is 9.47 Å². The van der Waals surface area contributed by atoms with Gasteiger partial charge in [-0.1, -0.05) is 33.6 Å². The molecular formula is C15H14Br2O2. The maximum Gasteiger partial charge on any atom is 0.141 e. The van der Waals surface area contributed by atoms with Crippen LogP contribution in [0.5, 0.6) is 17.2 Å². The summed E-state index contributed by atoms with van der Waals surface area (Å²) in [7, 11) is 1.64. The summed E-state index contributed by atoms with van der Waals surface area (Å²) in [6.07, 6.45) is 0. The highest BCUT2D eigenvalue weighted by Crippen LogP contribution is 2.34. The largest absolute Gasteiger partial charge is 0.497 e. The van der Waals surface area contributed by atoms with Gasteiger partial charge >= 0.3 is 0 Å². The summed E-state index contributed by atoms with van der Waals surface area (Å²) >= 11 is 6.98. The first-order valence-electron chi connectivity index (χ1n) is 5.81. The molecule has 0 amide bonds. The standard InChI is InChI=1S/C15H14Br2O2/c1-10-3-5-14(11(7-10)9-16)19-15-6-4-12(18-2)8-13(15)17/h3-8H,9H2,1-2H3. The Morgan fingerprint density at radius 2 is 1.79 bits per heavy atom. The molecule has 0 unspecified atom stereocenters. The van der Waals surface area contributed by atoms with Crippen molar-refractivity contribution in [2.45, 2.75) is 12.3 Å². The lowest BCUT2D eigenvalue weighted by molar-refractivity contribution is 0.412. The van der Waals surface area contributed by atoms with Crippen LogP contribution in [0, 0.1) is 6.92 Å². The van der Waals surface area contributed by atoms with Gasteiger partial charge in [-0.05, 0) is 47.1 Å². The van der Waals surface area contributed by atoms with E-state index in [1.807, 2.05) is 30.3 Å². The average Bonchev–Trinajstić information content (AvgIpc) is 2.42. The topological polar surface area (TPSA) is 18.5 Å². The molecule has 19 heavy (non-hydrogen) atoms. The fraction of sp³-hybridized carbons (Fsp3) is 0.200. The third kappa shape index (κ3) is 3.51. The van der Waals surface area contributed by atoms with Gasteiger partial charge in [0.05, 0.1) is 11.6 Å². The van der Waals surface area contributed by atoms with Gasteiger partial charge in [0.2, 0.25) is 0 Å². The SMILES string of the molecule is COc1ccc(Oc2ccc(C)cc2CBr)c(Br)c1. The van der Waals surface area contributed by atoms with Crippen LogP contribution in [0.3, 0.4) is 0 Å². The second-order valence-corrected chi connectivity index (χ2v) is 5.56. The maximum atomic E-state index is 5.95. The summed E-state index contributed by atoms with van der Waals surface area (Å²) in [6.45, 7) is 2.07. The van der Waals surface area contributed by atoms with Crippen LogP contribution < -0.4 is 9.47 Å². The Balaban J connectivity index is 2.31. The molecule has 0 spiro atoms. The number of aryl methyl sites for hydroxylation is 1. The molecular weight excluding hydrogens is 372 g/mol. The highest BCUT2D eigenvalue weighted by molar-refractivity contribution is 9.10. The van der Waals surface area contributed by atoms with Crippen molar-refractivity contribution < 1.29 is 9.47 Å². The van der Waals surface area contributed by atoms with Crippen molar-refractivity contribution in [1.29, 1.82) is 0 Å². The molecule has 0 heterocycles. The Morgan fingerprint density at radius 3 is 2.42 bits per heavy atom. The lowest BCUT2D eigenvalue weighted by Crippen LogP contribution is -1.92. The van der Waals surface area contributed by atoms with Crippen molar-refractivity contribution in [3.8, 4) is 17.2 Å². The van der Waals surface area contributed by atoms with Crippen molar-refractivity contribution in [3.05, 3.63) is 52.0 Å². The number of benzene rings is 2. The van der Waals surface area contributed by atoms with Crippen molar-refractivity contribution >= 4 is 31.9 Å². The molecule has 2 nitrogen and oxygen atoms in total. The van der Waals surface area contributed by atoms with Crippen LogP contribution in [0.2, 0.25) is 0 Å². The van der Waals surface area contributed by atoms with Gasteiger partial charge in [0.1, 0.15) is 17.2 Å². The first-order valence-corrected chi connectivity index (χ1v) is 7.72. The van der Waals surface area contributed by atoms with Crippen LogP contribution >= 0.6 is 31.9 Å². The zero-order valence-corrected chi connectivity index (χ0v) is 13.9. The third-order valence-corrected chi connectivity index (χ3v) is 3.94. The first kappa shape index (κ1) is 14.4. The predicted molar refractivity (Wildman–Crippen MR) is 84.6 cm³/mol. The number of hydrogen-bond donors (Lipinski definition) is 0. The van der Waals surface area contributed by atoms with E-state index in [0.717, 1.165) is 32.6 Å². The second-order valence-electron chi connectivity index (χ2n) is 4.14. The third-order valence-electron chi connectivity index (χ3n) is 2.72. The second kappa shape index (κ2) is 6.44. The molecule has 4 heteroatoms. The molecule has 2 aromatic carbocycles. The lowest BCUT2D eigenvalue weighted by atomic mass is 10.1. The van der Waals surface area contributed by atoms with Crippen LogP contribution in [-0.2, 0) is 5.33 Å². The highest BCUT2D eigenvalue weighted by atomic mass is 79.9. The molecule has 0 saturated heterocycles. The smallest absolute Gasteiger partial charge is 0.141 e. The molecule has 0 saturated carbocycles. The van der Waals surface area contributed by atoms with E-state index in [0.29, 0.717) is 0 Å². The van der Waals surface area contributed by atoms with Crippen LogP contribution in [0.25, 0.3) is 0 Å². The molecule has 0 aliphatic heterocycles. The number of hydrogen-bond acceptors (Lipinski definition) is 2. The Kier molecular flexibility index (Phi) is 4.88. The average molecular weight is 386 g/mol. The van der Waals surface area contributed by atoms with E-state index < -0.39 is 0 Å². The minimum Gasteiger partial charge on any atom is -0.497 e. The van der Waals surface area contributed by atoms with E-state index in [4.69, 9.17) is 9.47 Å². The number of methoxy groups -OCH3 is 1. The van der Waals surface area contributed by atoms with E-state index in [1.54, 1.807) is 7.11 Å². The first-order chi connectivity index (χ1) is 9.13. The van der Waals surface area contributed by atoms with E-state index >= 15 is 0 Å². The van der Waals surface area contributed by atoms with E-state index in [-0.39, 0.29) is 0 Å². The molecule has 0 radical (unpaired) electrons. The Labute approximate surface area is 130 Å². The van der Waals surface area contributed by atoms with Crippen molar-refractivity contribution in [3.63, 3.8) is 0 Å². The van der Waals surface area contributed by atoms with Gasteiger partial charge in [0, 0.05) is 10.9 Å². The van der Waals surface area contributed by atoms with E-state index in [9.17, 15) is 0 Å². The van der Waals surface area contributed by atoms with Gasteiger partial charge in [-0.2, -0.15) is 0 Å². The number of halogens is 2. The van der Waals surface area contributed by atoms with Crippen LogP contribution in [-0.4, -0.2) is 7.11 Å². The molecule has 2 aromatic rings. The molecule has 0 atom stereocenters. The highest BCUT2D eigenvalue weighted by Gasteiger charge is 2.08. The van der Waals surface area contributed by atoms with Gasteiger partial charge in [0.15, 0.2) is 0 Å². The van der Waals surface area contributed by atoms with Gasteiger partial charge in [-0.25, -0.2) is 0 Å². The normalized spacial score (nSPS) is 10.3. The minimum atomic E-state index is 0.762. The fourth-order valence-corrected chi connectivity index (χ4v) is 2.60.